The van der Waals surface area contributed by atoms with Gasteiger partial charge in [0.15, 0.2) is 0 Å². The van der Waals surface area contributed by atoms with E-state index in [1.54, 1.807) is 0 Å². The first-order valence-electron chi connectivity index (χ1n) is 8.24. The predicted molar refractivity (Wildman–Crippen MR) is 110 cm³/mol. The summed E-state index contributed by atoms with van der Waals surface area (Å²) in [5, 5.41) is 6.87. The van der Waals surface area contributed by atoms with Gasteiger partial charge in [0.1, 0.15) is 12.4 Å². The number of nitrogens with one attached hydrogen (secondary N) is 2. The Hall–Kier alpha value is -2.40. The molecule has 132 valence electrons. The van der Waals surface area contributed by atoms with Gasteiger partial charge in [-0.25, -0.2) is 0 Å². The molecule has 0 spiro atoms. The summed E-state index contributed by atoms with van der Waals surface area (Å²) in [5.74, 6) is 0.747. The van der Waals surface area contributed by atoms with E-state index < -0.39 is 0 Å². The van der Waals surface area contributed by atoms with Gasteiger partial charge in [0.2, 0.25) is 0 Å². The Labute approximate surface area is 160 Å². The average Bonchev–Trinajstić information content (AvgIpc) is 3.00. The van der Waals surface area contributed by atoms with Crippen molar-refractivity contribution in [3.63, 3.8) is 0 Å². The maximum absolute atomic E-state index is 6.19. The molecule has 0 unspecified atom stereocenters. The van der Waals surface area contributed by atoms with Crippen LogP contribution in [0.5, 0.6) is 5.75 Å². The molecule has 6 heteroatoms. The molecule has 0 saturated carbocycles. The fourth-order valence-electron chi connectivity index (χ4n) is 2.99. The van der Waals surface area contributed by atoms with Crippen LogP contribution in [0.25, 0.3) is 21.8 Å². The van der Waals surface area contributed by atoms with Gasteiger partial charge in [0.05, 0.1) is 5.52 Å². The van der Waals surface area contributed by atoms with Crippen molar-refractivity contribution < 1.29 is 4.74 Å². The highest BCUT2D eigenvalue weighted by Gasteiger charge is 2.12. The maximum atomic E-state index is 6.19. The van der Waals surface area contributed by atoms with Gasteiger partial charge in [-0.05, 0) is 48.5 Å². The highest BCUT2D eigenvalue weighted by atomic mass is 35.5. The molecule has 4 aromatic rings. The largest absolute Gasteiger partial charge is 0.490 e. The Balaban J connectivity index is 1.85. The number of fused-ring (bicyclic) bond motifs is 3. The molecule has 4 N–H and O–H groups in total. The van der Waals surface area contributed by atoms with Gasteiger partial charge >= 0.3 is 0 Å². The number of benzene rings is 3. The molecule has 0 fully saturated rings. The summed E-state index contributed by atoms with van der Waals surface area (Å²) >= 11 is 12.2. The summed E-state index contributed by atoms with van der Waals surface area (Å²) in [7, 11) is 0. The van der Waals surface area contributed by atoms with Gasteiger partial charge in [-0.3, -0.25) is 0 Å². The van der Waals surface area contributed by atoms with Crippen molar-refractivity contribution in [2.45, 2.75) is 0 Å². The number of halogens is 2. The number of anilines is 2. The molecule has 0 bridgehead atoms. The average molecular weight is 386 g/mol. The Kier molecular flexibility index (Phi) is 4.64. The summed E-state index contributed by atoms with van der Waals surface area (Å²) in [4.78, 5) is 3.41. The third-order valence-electron chi connectivity index (χ3n) is 4.14. The van der Waals surface area contributed by atoms with Crippen molar-refractivity contribution in [3.8, 4) is 5.75 Å². The summed E-state index contributed by atoms with van der Waals surface area (Å²) in [6.45, 7) is 0.887. The van der Waals surface area contributed by atoms with Crippen LogP contribution in [0.1, 0.15) is 0 Å². The SMILES string of the molecule is NCCOc1cc(Nc2ccc(Cl)cc2)cc2c1[nH]c1ccc(Cl)cc12. The number of aromatic amines is 1. The van der Waals surface area contributed by atoms with Crippen molar-refractivity contribution in [2.75, 3.05) is 18.5 Å². The van der Waals surface area contributed by atoms with E-state index in [4.69, 9.17) is 33.7 Å². The summed E-state index contributed by atoms with van der Waals surface area (Å²) in [6, 6.07) is 17.4. The lowest BCUT2D eigenvalue weighted by Gasteiger charge is -2.11. The number of H-pyrrole nitrogens is 1. The van der Waals surface area contributed by atoms with Crippen LogP contribution in [0.15, 0.2) is 54.6 Å². The lowest BCUT2D eigenvalue weighted by Crippen LogP contribution is -2.10. The molecule has 4 rings (SSSR count). The van der Waals surface area contributed by atoms with Gasteiger partial charge < -0.3 is 20.8 Å². The molecule has 0 amide bonds. The van der Waals surface area contributed by atoms with Crippen molar-refractivity contribution in [1.82, 2.24) is 4.98 Å². The second-order valence-corrected chi connectivity index (χ2v) is 6.85. The van der Waals surface area contributed by atoms with Gasteiger partial charge in [0, 0.05) is 50.3 Å². The van der Waals surface area contributed by atoms with E-state index in [1.165, 1.54) is 0 Å². The van der Waals surface area contributed by atoms with E-state index in [0.717, 1.165) is 38.9 Å². The number of ether oxygens (including phenoxy) is 1. The first-order chi connectivity index (χ1) is 12.6. The zero-order valence-electron chi connectivity index (χ0n) is 13.9. The van der Waals surface area contributed by atoms with Crippen molar-refractivity contribution in [2.24, 2.45) is 5.73 Å². The van der Waals surface area contributed by atoms with E-state index in [9.17, 15) is 0 Å². The molecular weight excluding hydrogens is 369 g/mol. The standard InChI is InChI=1S/C20H17Cl2N3O/c21-12-1-4-14(5-2-12)24-15-10-17-16-9-13(22)3-6-18(16)25-20(17)19(11-15)26-8-7-23/h1-6,9-11,24-25H,7-8,23H2. The molecule has 0 saturated heterocycles. The van der Waals surface area contributed by atoms with Crippen molar-refractivity contribution >= 4 is 56.4 Å². The van der Waals surface area contributed by atoms with Gasteiger partial charge in [-0.1, -0.05) is 23.2 Å². The number of aromatic nitrogens is 1. The zero-order chi connectivity index (χ0) is 18.1. The number of hydrogen-bond acceptors (Lipinski definition) is 3. The molecule has 0 radical (unpaired) electrons. The maximum Gasteiger partial charge on any atom is 0.145 e. The molecule has 4 nitrogen and oxygen atoms in total. The Bertz CT molecular complexity index is 1070. The zero-order valence-corrected chi connectivity index (χ0v) is 15.4. The molecule has 0 aliphatic carbocycles. The van der Waals surface area contributed by atoms with E-state index in [1.807, 2.05) is 48.5 Å². The summed E-state index contributed by atoms with van der Waals surface area (Å²) < 4.78 is 5.88. The number of nitrogens with two attached hydrogens (primary N) is 1. The van der Waals surface area contributed by atoms with Gasteiger partial charge in [-0.2, -0.15) is 0 Å². The minimum Gasteiger partial charge on any atom is -0.490 e. The van der Waals surface area contributed by atoms with Crippen molar-refractivity contribution in [3.05, 3.63) is 64.6 Å². The Morgan fingerprint density at radius 2 is 1.65 bits per heavy atom. The van der Waals surface area contributed by atoms with Crippen LogP contribution in [0.2, 0.25) is 10.0 Å². The molecule has 0 aliphatic rings. The van der Waals surface area contributed by atoms with Crippen LogP contribution in [-0.2, 0) is 0 Å². The minimum atomic E-state index is 0.440. The van der Waals surface area contributed by atoms with Crippen molar-refractivity contribution in [1.29, 1.82) is 0 Å². The van der Waals surface area contributed by atoms with Crippen LogP contribution in [-0.4, -0.2) is 18.1 Å². The smallest absolute Gasteiger partial charge is 0.145 e. The molecule has 1 aromatic heterocycles. The van der Waals surface area contributed by atoms with E-state index in [0.29, 0.717) is 23.2 Å². The van der Waals surface area contributed by atoms with Gasteiger partial charge in [0.25, 0.3) is 0 Å². The second-order valence-electron chi connectivity index (χ2n) is 5.98. The van der Waals surface area contributed by atoms with Crippen LogP contribution in [0, 0.1) is 0 Å². The number of rotatable bonds is 5. The fourth-order valence-corrected chi connectivity index (χ4v) is 3.29. The van der Waals surface area contributed by atoms with E-state index in [2.05, 4.69) is 16.4 Å². The first-order valence-corrected chi connectivity index (χ1v) is 9.00. The highest BCUT2D eigenvalue weighted by molar-refractivity contribution is 6.32. The third-order valence-corrected chi connectivity index (χ3v) is 4.63. The predicted octanol–water partition coefficient (Wildman–Crippen LogP) is 5.71. The topological polar surface area (TPSA) is 63.1 Å². The third kappa shape index (κ3) is 3.31. The van der Waals surface area contributed by atoms with Gasteiger partial charge in [-0.15, -0.1) is 0 Å². The summed E-state index contributed by atoms with van der Waals surface area (Å²) in [6.07, 6.45) is 0. The quantitative estimate of drug-likeness (QED) is 0.412. The first kappa shape index (κ1) is 17.0. The molecular formula is C20H17Cl2N3O. The number of hydrogen-bond donors (Lipinski definition) is 3. The second kappa shape index (κ2) is 7.08. The lowest BCUT2D eigenvalue weighted by atomic mass is 10.1. The Morgan fingerprint density at radius 3 is 2.42 bits per heavy atom. The van der Waals surface area contributed by atoms with Crippen LogP contribution in [0.3, 0.4) is 0 Å². The van der Waals surface area contributed by atoms with Crippen LogP contribution >= 0.6 is 23.2 Å². The fraction of sp³-hybridized carbons (Fsp3) is 0.100. The Morgan fingerprint density at radius 1 is 0.885 bits per heavy atom. The monoisotopic (exact) mass is 385 g/mol. The normalized spacial score (nSPS) is 11.2. The minimum absolute atomic E-state index is 0.440. The van der Waals surface area contributed by atoms with Crippen LogP contribution in [0.4, 0.5) is 11.4 Å². The molecule has 1 heterocycles. The molecule has 26 heavy (non-hydrogen) atoms. The molecule has 0 aliphatic heterocycles. The lowest BCUT2D eigenvalue weighted by molar-refractivity contribution is 0.332. The van der Waals surface area contributed by atoms with E-state index in [-0.39, 0.29) is 0 Å². The molecule has 3 aromatic carbocycles. The van der Waals surface area contributed by atoms with Crippen LogP contribution < -0.4 is 15.8 Å². The molecule has 0 atom stereocenters. The summed E-state index contributed by atoms with van der Waals surface area (Å²) in [5.41, 5.74) is 9.39. The highest BCUT2D eigenvalue weighted by Crippen LogP contribution is 2.36. The van der Waals surface area contributed by atoms with E-state index >= 15 is 0 Å².